The lowest BCUT2D eigenvalue weighted by atomic mass is 9.87. The van der Waals surface area contributed by atoms with Gasteiger partial charge >= 0.3 is 0 Å². The van der Waals surface area contributed by atoms with Crippen LogP contribution in [0.4, 0.5) is 0 Å². The van der Waals surface area contributed by atoms with E-state index in [9.17, 15) is 0 Å². The van der Waals surface area contributed by atoms with Crippen LogP contribution in [0.2, 0.25) is 0 Å². The predicted octanol–water partition coefficient (Wildman–Crippen LogP) is 3.49. The van der Waals surface area contributed by atoms with Crippen LogP contribution in [0, 0.1) is 0 Å². The van der Waals surface area contributed by atoms with E-state index >= 15 is 0 Å². The van der Waals surface area contributed by atoms with Gasteiger partial charge in [-0.25, -0.2) is 0 Å². The van der Waals surface area contributed by atoms with E-state index in [2.05, 4.69) is 39.8 Å². The Bertz CT molecular complexity index is 335. The largest absolute Gasteiger partial charge is 0.491 e. The standard InChI is InChI=1S/C15H25NO/c1-11(16)10-12(2)17-14-8-6-13(7-9-14)15(3,4)5/h6-9,11-12H,10,16H2,1-5H3. The van der Waals surface area contributed by atoms with E-state index in [1.807, 2.05) is 19.1 Å². The third-order valence-corrected chi connectivity index (χ3v) is 2.76. The van der Waals surface area contributed by atoms with Crippen LogP contribution in [-0.2, 0) is 5.41 Å². The van der Waals surface area contributed by atoms with Crippen molar-refractivity contribution in [3.8, 4) is 5.75 Å². The molecule has 2 N–H and O–H groups in total. The Hall–Kier alpha value is -1.02. The molecule has 0 radical (unpaired) electrons. The van der Waals surface area contributed by atoms with Crippen molar-refractivity contribution in [3.05, 3.63) is 29.8 Å². The van der Waals surface area contributed by atoms with Crippen LogP contribution >= 0.6 is 0 Å². The van der Waals surface area contributed by atoms with Crippen molar-refractivity contribution in [1.82, 2.24) is 0 Å². The minimum atomic E-state index is 0.162. The van der Waals surface area contributed by atoms with Crippen molar-refractivity contribution in [2.24, 2.45) is 5.73 Å². The summed E-state index contributed by atoms with van der Waals surface area (Å²) in [5, 5.41) is 0. The second-order valence-electron chi connectivity index (χ2n) is 5.92. The van der Waals surface area contributed by atoms with Crippen molar-refractivity contribution in [1.29, 1.82) is 0 Å². The van der Waals surface area contributed by atoms with E-state index in [0.717, 1.165) is 12.2 Å². The van der Waals surface area contributed by atoms with Crippen LogP contribution in [0.3, 0.4) is 0 Å². The van der Waals surface area contributed by atoms with Crippen LogP contribution in [0.5, 0.6) is 5.75 Å². The van der Waals surface area contributed by atoms with Crippen molar-refractivity contribution < 1.29 is 4.74 Å². The molecular weight excluding hydrogens is 210 g/mol. The molecule has 17 heavy (non-hydrogen) atoms. The van der Waals surface area contributed by atoms with E-state index in [0.29, 0.717) is 0 Å². The highest BCUT2D eigenvalue weighted by Crippen LogP contribution is 2.24. The molecule has 1 aromatic rings. The highest BCUT2D eigenvalue weighted by molar-refractivity contribution is 5.31. The highest BCUT2D eigenvalue weighted by Gasteiger charge is 2.13. The molecule has 2 atom stereocenters. The lowest BCUT2D eigenvalue weighted by Crippen LogP contribution is -2.24. The van der Waals surface area contributed by atoms with E-state index in [-0.39, 0.29) is 17.6 Å². The molecule has 0 aliphatic rings. The van der Waals surface area contributed by atoms with Gasteiger partial charge in [0.25, 0.3) is 0 Å². The Labute approximate surface area is 105 Å². The molecule has 0 aliphatic heterocycles. The molecule has 2 heteroatoms. The molecule has 2 unspecified atom stereocenters. The molecule has 0 bridgehead atoms. The zero-order chi connectivity index (χ0) is 13.1. The predicted molar refractivity (Wildman–Crippen MR) is 73.5 cm³/mol. The molecule has 0 heterocycles. The van der Waals surface area contributed by atoms with Crippen LogP contribution < -0.4 is 10.5 Å². The second-order valence-corrected chi connectivity index (χ2v) is 5.92. The Morgan fingerprint density at radius 2 is 1.65 bits per heavy atom. The first kappa shape index (κ1) is 14.0. The minimum Gasteiger partial charge on any atom is -0.491 e. The smallest absolute Gasteiger partial charge is 0.119 e. The maximum atomic E-state index is 5.81. The Balaban J connectivity index is 2.63. The van der Waals surface area contributed by atoms with Gasteiger partial charge in [-0.1, -0.05) is 32.9 Å². The first-order valence-electron chi connectivity index (χ1n) is 6.32. The number of hydrogen-bond acceptors (Lipinski definition) is 2. The molecule has 0 aromatic heterocycles. The fourth-order valence-corrected chi connectivity index (χ4v) is 1.84. The third-order valence-electron chi connectivity index (χ3n) is 2.76. The number of hydrogen-bond donors (Lipinski definition) is 1. The Morgan fingerprint density at radius 3 is 2.06 bits per heavy atom. The summed E-state index contributed by atoms with van der Waals surface area (Å²) in [4.78, 5) is 0. The number of benzene rings is 1. The van der Waals surface area contributed by atoms with Crippen molar-refractivity contribution in [2.45, 2.75) is 58.6 Å². The molecule has 0 saturated heterocycles. The molecule has 0 saturated carbocycles. The average Bonchev–Trinajstić information content (AvgIpc) is 2.15. The van der Waals surface area contributed by atoms with Gasteiger partial charge in [0.1, 0.15) is 5.75 Å². The Morgan fingerprint density at radius 1 is 1.12 bits per heavy atom. The maximum Gasteiger partial charge on any atom is 0.119 e. The van der Waals surface area contributed by atoms with Gasteiger partial charge in [-0.15, -0.1) is 0 Å². The summed E-state index contributed by atoms with van der Waals surface area (Å²) in [6, 6.07) is 8.53. The third kappa shape index (κ3) is 4.78. The van der Waals surface area contributed by atoms with Crippen LogP contribution in [-0.4, -0.2) is 12.1 Å². The number of nitrogens with two attached hydrogens (primary N) is 1. The van der Waals surface area contributed by atoms with E-state index in [1.165, 1.54) is 5.56 Å². The van der Waals surface area contributed by atoms with Gasteiger partial charge in [0.05, 0.1) is 6.10 Å². The van der Waals surface area contributed by atoms with Gasteiger partial charge in [-0.3, -0.25) is 0 Å². The summed E-state index contributed by atoms with van der Waals surface area (Å²) < 4.78 is 5.81. The maximum absolute atomic E-state index is 5.81. The van der Waals surface area contributed by atoms with E-state index < -0.39 is 0 Å². The van der Waals surface area contributed by atoms with Crippen molar-refractivity contribution >= 4 is 0 Å². The fraction of sp³-hybridized carbons (Fsp3) is 0.600. The van der Waals surface area contributed by atoms with Crippen LogP contribution in [0.1, 0.15) is 46.6 Å². The molecular formula is C15H25NO. The molecule has 1 rings (SSSR count). The summed E-state index contributed by atoms with van der Waals surface area (Å²) in [6.45, 7) is 10.7. The first-order chi connectivity index (χ1) is 7.79. The molecule has 2 nitrogen and oxygen atoms in total. The number of rotatable bonds is 4. The van der Waals surface area contributed by atoms with Gasteiger partial charge in [0, 0.05) is 6.04 Å². The fourth-order valence-electron chi connectivity index (χ4n) is 1.84. The van der Waals surface area contributed by atoms with Gasteiger partial charge < -0.3 is 10.5 Å². The first-order valence-corrected chi connectivity index (χ1v) is 6.32. The van der Waals surface area contributed by atoms with Gasteiger partial charge in [0.15, 0.2) is 0 Å². The second kappa shape index (κ2) is 5.54. The summed E-state index contributed by atoms with van der Waals surface area (Å²) in [7, 11) is 0. The van der Waals surface area contributed by atoms with Gasteiger partial charge in [-0.2, -0.15) is 0 Å². The zero-order valence-corrected chi connectivity index (χ0v) is 11.7. The SMILES string of the molecule is CC(N)CC(C)Oc1ccc(C(C)(C)C)cc1. The molecule has 0 aliphatic carbocycles. The topological polar surface area (TPSA) is 35.2 Å². The van der Waals surface area contributed by atoms with Crippen molar-refractivity contribution in [2.75, 3.05) is 0 Å². The van der Waals surface area contributed by atoms with E-state index in [4.69, 9.17) is 10.5 Å². The van der Waals surface area contributed by atoms with Gasteiger partial charge in [0.2, 0.25) is 0 Å². The molecule has 96 valence electrons. The quantitative estimate of drug-likeness (QED) is 0.867. The lowest BCUT2D eigenvalue weighted by molar-refractivity contribution is 0.203. The average molecular weight is 235 g/mol. The molecule has 1 aromatic carbocycles. The van der Waals surface area contributed by atoms with Crippen molar-refractivity contribution in [3.63, 3.8) is 0 Å². The molecule has 0 spiro atoms. The van der Waals surface area contributed by atoms with E-state index in [1.54, 1.807) is 0 Å². The molecule has 0 fully saturated rings. The molecule has 0 amide bonds. The Kier molecular flexibility index (Phi) is 4.58. The summed E-state index contributed by atoms with van der Waals surface area (Å²) in [6.07, 6.45) is 1.04. The summed E-state index contributed by atoms with van der Waals surface area (Å²) >= 11 is 0. The zero-order valence-electron chi connectivity index (χ0n) is 11.7. The monoisotopic (exact) mass is 235 g/mol. The number of ether oxygens (including phenoxy) is 1. The summed E-state index contributed by atoms with van der Waals surface area (Å²) in [5.74, 6) is 0.922. The summed E-state index contributed by atoms with van der Waals surface area (Å²) in [5.41, 5.74) is 7.26. The minimum absolute atomic E-state index is 0.162. The lowest BCUT2D eigenvalue weighted by Gasteiger charge is -2.20. The van der Waals surface area contributed by atoms with Gasteiger partial charge in [-0.05, 0) is 43.4 Å². The normalized spacial score (nSPS) is 15.4. The van der Waals surface area contributed by atoms with Crippen LogP contribution in [0.25, 0.3) is 0 Å². The highest BCUT2D eigenvalue weighted by atomic mass is 16.5. The van der Waals surface area contributed by atoms with Crippen LogP contribution in [0.15, 0.2) is 24.3 Å².